The van der Waals surface area contributed by atoms with Crippen molar-refractivity contribution in [1.82, 2.24) is 0 Å². The Morgan fingerprint density at radius 1 is 0.880 bits per heavy atom. The summed E-state index contributed by atoms with van der Waals surface area (Å²) in [4.78, 5) is 23.4. The predicted octanol–water partition coefficient (Wildman–Crippen LogP) is 5.19. The number of unbranched alkanes of at least 4 members (excludes halogenated alkanes) is 5. The van der Waals surface area contributed by atoms with Gasteiger partial charge >= 0.3 is 11.9 Å². The van der Waals surface area contributed by atoms with Gasteiger partial charge in [-0.25, -0.2) is 0 Å². The molecule has 0 bridgehead atoms. The Balaban J connectivity index is 2.01. The second-order valence-electron chi connectivity index (χ2n) is 6.12. The highest BCUT2D eigenvalue weighted by atomic mass is 35.5. The normalized spacial score (nSPS) is 10.5. The van der Waals surface area contributed by atoms with E-state index in [2.05, 4.69) is 0 Å². The van der Waals surface area contributed by atoms with Crippen LogP contribution in [-0.4, -0.2) is 24.4 Å². The Hall–Kier alpha value is -1.55. The van der Waals surface area contributed by atoms with Crippen molar-refractivity contribution < 1.29 is 19.1 Å². The maximum Gasteiger partial charge on any atom is 0.311 e. The predicted molar refractivity (Wildman–Crippen MR) is 100 cm³/mol. The van der Waals surface area contributed by atoms with Crippen LogP contribution in [0.1, 0.15) is 63.4 Å². The van der Waals surface area contributed by atoms with Crippen LogP contribution in [-0.2, 0) is 14.3 Å². The second-order valence-corrected chi connectivity index (χ2v) is 6.50. The Morgan fingerprint density at radius 3 is 2.24 bits per heavy atom. The van der Waals surface area contributed by atoms with Gasteiger partial charge in [-0.1, -0.05) is 43.9 Å². The van der Waals surface area contributed by atoms with E-state index in [0.717, 1.165) is 37.1 Å². The van der Waals surface area contributed by atoms with E-state index >= 15 is 0 Å². The molecule has 0 amide bonds. The molecule has 0 saturated heterocycles. The van der Waals surface area contributed by atoms with Crippen LogP contribution in [0.25, 0.3) is 0 Å². The van der Waals surface area contributed by atoms with Gasteiger partial charge in [0.15, 0.2) is 0 Å². The molecular weight excluding hydrogens is 340 g/mol. The van der Waals surface area contributed by atoms with Gasteiger partial charge in [-0.15, -0.1) is 11.6 Å². The summed E-state index contributed by atoms with van der Waals surface area (Å²) in [6.07, 6.45) is 7.44. The van der Waals surface area contributed by atoms with Crippen LogP contribution >= 0.6 is 11.6 Å². The molecule has 0 N–H and O–H groups in total. The second kappa shape index (κ2) is 13.7. The Labute approximate surface area is 155 Å². The van der Waals surface area contributed by atoms with Crippen LogP contribution in [0.15, 0.2) is 24.3 Å². The highest BCUT2D eigenvalue weighted by molar-refractivity contribution is 6.17. The number of carbonyl (C=O) groups excluding carboxylic acids is 2. The summed E-state index contributed by atoms with van der Waals surface area (Å²) < 4.78 is 10.5. The first-order valence-corrected chi connectivity index (χ1v) is 9.65. The van der Waals surface area contributed by atoms with Crippen LogP contribution in [0, 0.1) is 6.92 Å². The quantitative estimate of drug-likeness (QED) is 0.208. The number of hydrogen-bond acceptors (Lipinski definition) is 4. The average Bonchev–Trinajstić information content (AvgIpc) is 2.59. The molecule has 0 saturated carbocycles. The molecule has 25 heavy (non-hydrogen) atoms. The zero-order valence-electron chi connectivity index (χ0n) is 15.1. The van der Waals surface area contributed by atoms with Gasteiger partial charge in [0, 0.05) is 18.7 Å². The van der Waals surface area contributed by atoms with Crippen LogP contribution in [0.2, 0.25) is 0 Å². The lowest BCUT2D eigenvalue weighted by Crippen LogP contribution is -2.11. The first-order valence-electron chi connectivity index (χ1n) is 9.11. The molecule has 0 unspecified atom stereocenters. The number of ether oxygens (including phenoxy) is 2. The van der Waals surface area contributed by atoms with Gasteiger partial charge in [-0.05, 0) is 37.8 Å². The van der Waals surface area contributed by atoms with Gasteiger partial charge in [0.25, 0.3) is 0 Å². The van der Waals surface area contributed by atoms with Crippen molar-refractivity contribution in [2.75, 3.05) is 12.5 Å². The third-order valence-electron chi connectivity index (χ3n) is 3.87. The molecule has 0 radical (unpaired) electrons. The van der Waals surface area contributed by atoms with Crippen molar-refractivity contribution in [2.24, 2.45) is 0 Å². The van der Waals surface area contributed by atoms with Gasteiger partial charge in [0.1, 0.15) is 5.75 Å². The molecule has 0 aliphatic rings. The molecule has 1 rings (SSSR count). The van der Waals surface area contributed by atoms with E-state index < -0.39 is 0 Å². The summed E-state index contributed by atoms with van der Waals surface area (Å²) in [5.74, 6) is 0.738. The van der Waals surface area contributed by atoms with Crippen molar-refractivity contribution in [3.05, 3.63) is 29.8 Å². The zero-order chi connectivity index (χ0) is 18.3. The SMILES string of the molecule is Cc1ccccc1OC(=O)CCCC(=O)OCCCCCCCCCl. The summed E-state index contributed by atoms with van der Waals surface area (Å²) >= 11 is 5.62. The first kappa shape index (κ1) is 21.5. The molecule has 0 atom stereocenters. The van der Waals surface area contributed by atoms with Gasteiger partial charge in [0.2, 0.25) is 0 Å². The topological polar surface area (TPSA) is 52.6 Å². The van der Waals surface area contributed by atoms with Crippen LogP contribution < -0.4 is 4.74 Å². The van der Waals surface area contributed by atoms with Crippen molar-refractivity contribution in [3.8, 4) is 5.75 Å². The van der Waals surface area contributed by atoms with Gasteiger partial charge in [0.05, 0.1) is 6.61 Å². The molecule has 0 heterocycles. The summed E-state index contributed by atoms with van der Waals surface area (Å²) in [5, 5.41) is 0. The monoisotopic (exact) mass is 368 g/mol. The van der Waals surface area contributed by atoms with Crippen molar-refractivity contribution >= 4 is 23.5 Å². The van der Waals surface area contributed by atoms with Crippen molar-refractivity contribution in [2.45, 2.75) is 64.7 Å². The number of halogens is 1. The van der Waals surface area contributed by atoms with Crippen molar-refractivity contribution in [3.63, 3.8) is 0 Å². The lowest BCUT2D eigenvalue weighted by Gasteiger charge is -2.07. The minimum atomic E-state index is -0.320. The molecular formula is C20H29ClO4. The van der Waals surface area contributed by atoms with E-state index in [0.29, 0.717) is 18.8 Å². The fourth-order valence-electron chi connectivity index (χ4n) is 2.38. The summed E-state index contributed by atoms with van der Waals surface area (Å²) in [6, 6.07) is 7.36. The van der Waals surface area contributed by atoms with Crippen molar-refractivity contribution in [1.29, 1.82) is 0 Å². The Bertz CT molecular complexity index is 516. The number of benzene rings is 1. The van der Waals surface area contributed by atoms with E-state index in [1.165, 1.54) is 12.8 Å². The Kier molecular flexibility index (Phi) is 11.8. The third-order valence-corrected chi connectivity index (χ3v) is 4.14. The molecule has 1 aromatic carbocycles. The maximum atomic E-state index is 11.8. The van der Waals surface area contributed by atoms with E-state index in [9.17, 15) is 9.59 Å². The molecule has 0 aliphatic carbocycles. The number of aryl methyl sites for hydroxylation is 1. The molecule has 0 aromatic heterocycles. The van der Waals surface area contributed by atoms with E-state index in [1.807, 2.05) is 25.1 Å². The molecule has 5 heteroatoms. The highest BCUT2D eigenvalue weighted by Gasteiger charge is 2.09. The number of alkyl halides is 1. The molecule has 0 fully saturated rings. The molecule has 4 nitrogen and oxygen atoms in total. The molecule has 1 aromatic rings. The Morgan fingerprint density at radius 2 is 1.52 bits per heavy atom. The fraction of sp³-hybridized carbons (Fsp3) is 0.600. The highest BCUT2D eigenvalue weighted by Crippen LogP contribution is 2.17. The van der Waals surface area contributed by atoms with Crippen LogP contribution in [0.4, 0.5) is 0 Å². The minimum absolute atomic E-state index is 0.212. The largest absolute Gasteiger partial charge is 0.466 e. The number of esters is 2. The summed E-state index contributed by atoms with van der Waals surface area (Å²) in [7, 11) is 0. The van der Waals surface area contributed by atoms with Gasteiger partial charge < -0.3 is 9.47 Å². The summed E-state index contributed by atoms with van der Waals surface area (Å²) in [5.41, 5.74) is 0.915. The maximum absolute atomic E-state index is 11.8. The van der Waals surface area contributed by atoms with Gasteiger partial charge in [-0.3, -0.25) is 9.59 Å². The number of carbonyl (C=O) groups is 2. The fourth-order valence-corrected chi connectivity index (χ4v) is 2.57. The van der Waals surface area contributed by atoms with E-state index in [-0.39, 0.29) is 24.8 Å². The molecule has 140 valence electrons. The lowest BCUT2D eigenvalue weighted by atomic mass is 10.1. The minimum Gasteiger partial charge on any atom is -0.466 e. The van der Waals surface area contributed by atoms with Gasteiger partial charge in [-0.2, -0.15) is 0 Å². The first-order chi connectivity index (χ1) is 12.1. The van der Waals surface area contributed by atoms with E-state index in [4.69, 9.17) is 21.1 Å². The third kappa shape index (κ3) is 10.8. The lowest BCUT2D eigenvalue weighted by molar-refractivity contribution is -0.144. The molecule has 0 spiro atoms. The number of para-hydroxylation sites is 1. The van der Waals surface area contributed by atoms with Crippen LogP contribution in [0.3, 0.4) is 0 Å². The zero-order valence-corrected chi connectivity index (χ0v) is 15.9. The smallest absolute Gasteiger partial charge is 0.311 e. The van der Waals surface area contributed by atoms with E-state index in [1.54, 1.807) is 6.07 Å². The number of rotatable bonds is 13. The summed E-state index contributed by atoms with van der Waals surface area (Å²) in [6.45, 7) is 2.35. The van der Waals surface area contributed by atoms with Crippen LogP contribution in [0.5, 0.6) is 5.75 Å². The molecule has 0 aliphatic heterocycles. The average molecular weight is 369 g/mol. The standard InChI is InChI=1S/C20H29ClO4/c1-17-11-6-7-12-18(17)25-20(23)14-10-13-19(22)24-16-9-5-3-2-4-8-15-21/h6-7,11-12H,2-5,8-10,13-16H2,1H3. The number of hydrogen-bond donors (Lipinski definition) is 0.